The molecule has 1 aromatic rings. The molecule has 0 saturated carbocycles. The van der Waals surface area contributed by atoms with Crippen LogP contribution >= 0.6 is 11.6 Å². The number of benzene rings is 1. The summed E-state index contributed by atoms with van der Waals surface area (Å²) in [6, 6.07) is 4.76. The summed E-state index contributed by atoms with van der Waals surface area (Å²) in [5, 5.41) is 10.5. The van der Waals surface area contributed by atoms with Gasteiger partial charge in [-0.15, -0.1) is 0 Å². The van der Waals surface area contributed by atoms with Crippen LogP contribution in [0.4, 0.5) is 0 Å². The van der Waals surface area contributed by atoms with E-state index >= 15 is 0 Å². The summed E-state index contributed by atoms with van der Waals surface area (Å²) >= 11 is 5.97. The van der Waals surface area contributed by atoms with Gasteiger partial charge >= 0.3 is 0 Å². The van der Waals surface area contributed by atoms with Gasteiger partial charge in [0.25, 0.3) is 5.91 Å². The number of nitrogens with zero attached hydrogens (tertiary/aromatic N) is 1. The molecule has 0 saturated heterocycles. The van der Waals surface area contributed by atoms with E-state index in [1.54, 1.807) is 39.0 Å². The van der Waals surface area contributed by atoms with Crippen molar-refractivity contribution in [3.05, 3.63) is 34.3 Å². The molecule has 1 aromatic carbocycles. The second-order valence-electron chi connectivity index (χ2n) is 4.80. The average Bonchev–Trinajstić information content (AvgIpc) is 2.34. The van der Waals surface area contributed by atoms with Crippen LogP contribution in [0.5, 0.6) is 0 Å². The number of rotatable bonds is 0. The maximum Gasteiger partial charge on any atom is 0.258 e. The Morgan fingerprint density at radius 1 is 1.50 bits per heavy atom. The van der Waals surface area contributed by atoms with Gasteiger partial charge in [0.1, 0.15) is 0 Å². The van der Waals surface area contributed by atoms with E-state index in [0.717, 1.165) is 4.90 Å². The van der Waals surface area contributed by atoms with Gasteiger partial charge in [0.05, 0.1) is 12.0 Å². The minimum atomic E-state index is -2.06. The van der Waals surface area contributed by atoms with Crippen molar-refractivity contribution < 1.29 is 11.3 Å². The molecule has 1 atom stereocenters. The van der Waals surface area contributed by atoms with Gasteiger partial charge in [0.15, 0.2) is 6.20 Å². The number of hydrogen-bond acceptors (Lipinski definition) is 2. The van der Waals surface area contributed by atoms with Crippen molar-refractivity contribution in [3.63, 3.8) is 0 Å². The molecule has 0 fully saturated rings. The van der Waals surface area contributed by atoms with Crippen molar-refractivity contribution in [1.82, 2.24) is 4.90 Å². The topological polar surface area (TPSA) is 40.5 Å². The zero-order valence-electron chi connectivity index (χ0n) is 10.4. The van der Waals surface area contributed by atoms with E-state index in [2.05, 4.69) is 0 Å². The Morgan fingerprint density at radius 3 is 2.62 bits per heavy atom. The summed E-state index contributed by atoms with van der Waals surface area (Å²) in [5.41, 5.74) is -0.192. The minimum absolute atomic E-state index is 0.224. The van der Waals surface area contributed by atoms with Crippen molar-refractivity contribution in [2.45, 2.75) is 32.5 Å². The molecule has 1 heterocycles. The maximum atomic E-state index is 12.2. The van der Waals surface area contributed by atoms with Crippen LogP contribution in [0.2, 0.25) is 5.02 Å². The van der Waals surface area contributed by atoms with E-state index < -0.39 is 17.7 Å². The van der Waals surface area contributed by atoms with Crippen LogP contribution in [0.1, 0.15) is 44.3 Å². The lowest BCUT2D eigenvalue weighted by atomic mass is 10.1. The zero-order valence-corrected chi connectivity index (χ0v) is 10.2. The maximum absolute atomic E-state index is 12.2. The molecule has 86 valence electrons. The summed E-state index contributed by atoms with van der Waals surface area (Å²) in [7, 11) is 0. The molecular weight excluding hydrogens is 226 g/mol. The molecule has 1 N–H and O–H groups in total. The standard InChI is InChI=1S/C12H14ClNO2/c1-12(2,3)14-10(15)7-5-4-6-8(13)9(7)11(14)16/h4-6,10,15H,1-3H3/i10D. The van der Waals surface area contributed by atoms with E-state index in [4.69, 9.17) is 13.0 Å². The fourth-order valence-electron chi connectivity index (χ4n) is 1.88. The number of fused-ring (bicyclic) bond motifs is 1. The summed E-state index contributed by atoms with van der Waals surface area (Å²) in [4.78, 5) is 13.4. The molecule has 0 spiro atoms. The number of hydrogen-bond donors (Lipinski definition) is 1. The Hall–Kier alpha value is -1.06. The molecule has 3 nitrogen and oxygen atoms in total. The Morgan fingerprint density at radius 2 is 2.12 bits per heavy atom. The highest BCUT2D eigenvalue weighted by Gasteiger charge is 2.42. The predicted molar refractivity (Wildman–Crippen MR) is 62.3 cm³/mol. The van der Waals surface area contributed by atoms with E-state index in [1.807, 2.05) is 0 Å². The lowest BCUT2D eigenvalue weighted by molar-refractivity contribution is -0.0228. The summed E-state index contributed by atoms with van der Waals surface area (Å²) in [5.74, 6) is -0.407. The molecule has 1 amide bonds. The van der Waals surface area contributed by atoms with Crippen LogP contribution in [-0.2, 0) is 0 Å². The van der Waals surface area contributed by atoms with Crippen LogP contribution in [0.3, 0.4) is 0 Å². The number of carbonyl (C=O) groups excluding carboxylic acids is 1. The van der Waals surface area contributed by atoms with Gasteiger partial charge in [-0.2, -0.15) is 0 Å². The predicted octanol–water partition coefficient (Wildman–Crippen LogP) is 2.59. The van der Waals surface area contributed by atoms with Gasteiger partial charge in [0.2, 0.25) is 0 Å². The van der Waals surface area contributed by atoms with Gasteiger partial charge in [-0.1, -0.05) is 23.7 Å². The van der Waals surface area contributed by atoms with Crippen molar-refractivity contribution in [2.75, 3.05) is 0 Å². The molecule has 4 heteroatoms. The summed E-state index contributed by atoms with van der Waals surface area (Å²) in [6.07, 6.45) is -2.06. The highest BCUT2D eigenvalue weighted by Crippen LogP contribution is 2.39. The number of amides is 1. The lowest BCUT2D eigenvalue weighted by Crippen LogP contribution is -2.43. The van der Waals surface area contributed by atoms with Crippen LogP contribution in [0.15, 0.2) is 18.2 Å². The summed E-state index contributed by atoms with van der Waals surface area (Å²) in [6.45, 7) is 5.30. The first-order valence-corrected chi connectivity index (χ1v) is 5.41. The van der Waals surface area contributed by atoms with Crippen molar-refractivity contribution in [3.8, 4) is 0 Å². The molecule has 1 aliphatic rings. The van der Waals surface area contributed by atoms with E-state index in [1.165, 1.54) is 0 Å². The van der Waals surface area contributed by atoms with Crippen LogP contribution in [0.25, 0.3) is 0 Å². The van der Waals surface area contributed by atoms with Crippen LogP contribution < -0.4 is 0 Å². The Bertz CT molecular complexity index is 494. The second-order valence-corrected chi connectivity index (χ2v) is 5.20. The smallest absolute Gasteiger partial charge is 0.258 e. The highest BCUT2D eigenvalue weighted by atomic mass is 35.5. The molecule has 2 rings (SSSR count). The largest absolute Gasteiger partial charge is 0.369 e. The third kappa shape index (κ3) is 1.51. The average molecular weight is 241 g/mol. The fourth-order valence-corrected chi connectivity index (χ4v) is 2.13. The molecule has 0 aromatic heterocycles. The van der Waals surface area contributed by atoms with Gasteiger partial charge < -0.3 is 10.0 Å². The number of aliphatic hydroxyl groups is 1. The third-order valence-electron chi connectivity index (χ3n) is 2.55. The van der Waals surface area contributed by atoms with E-state index in [9.17, 15) is 9.90 Å². The SMILES string of the molecule is [2H]C1(O)c2cccc(Cl)c2C(=O)N1C(C)(C)C. The molecular formula is C12H14ClNO2. The van der Waals surface area contributed by atoms with Crippen LogP contribution in [0, 0.1) is 0 Å². The van der Waals surface area contributed by atoms with Gasteiger partial charge in [-0.3, -0.25) is 4.79 Å². The van der Waals surface area contributed by atoms with E-state index in [-0.39, 0.29) is 16.1 Å². The Labute approximate surface area is 101 Å². The highest BCUT2D eigenvalue weighted by molar-refractivity contribution is 6.34. The minimum Gasteiger partial charge on any atom is -0.369 e. The van der Waals surface area contributed by atoms with Gasteiger partial charge in [-0.25, -0.2) is 0 Å². The Kier molecular flexibility index (Phi) is 2.19. The van der Waals surface area contributed by atoms with Crippen molar-refractivity contribution in [2.24, 2.45) is 0 Å². The first-order chi connectivity index (χ1) is 7.67. The van der Waals surface area contributed by atoms with Gasteiger partial charge in [0, 0.05) is 11.1 Å². The monoisotopic (exact) mass is 240 g/mol. The second kappa shape index (κ2) is 3.47. The van der Waals surface area contributed by atoms with Gasteiger partial charge in [-0.05, 0) is 26.8 Å². The fraction of sp³-hybridized carbons (Fsp3) is 0.417. The van der Waals surface area contributed by atoms with E-state index in [0.29, 0.717) is 0 Å². The number of carbonyl (C=O) groups is 1. The van der Waals surface area contributed by atoms with Crippen molar-refractivity contribution in [1.29, 1.82) is 0 Å². The normalized spacial score (nSPS) is 25.7. The Balaban J connectivity index is 2.69. The first-order valence-electron chi connectivity index (χ1n) is 5.53. The lowest BCUT2D eigenvalue weighted by Gasteiger charge is -2.34. The molecule has 16 heavy (non-hydrogen) atoms. The first kappa shape index (κ1) is 10.1. The zero-order chi connectivity index (χ0) is 13.0. The molecule has 0 aliphatic carbocycles. The third-order valence-corrected chi connectivity index (χ3v) is 2.87. The summed E-state index contributed by atoms with van der Waals surface area (Å²) < 4.78 is 8.01. The molecule has 1 aliphatic heterocycles. The molecule has 0 radical (unpaired) electrons. The quantitative estimate of drug-likeness (QED) is 0.757. The van der Waals surface area contributed by atoms with Crippen LogP contribution in [-0.4, -0.2) is 21.5 Å². The van der Waals surface area contributed by atoms with Crippen molar-refractivity contribution >= 4 is 17.5 Å². The number of halogens is 1. The molecule has 0 bridgehead atoms. The molecule has 1 unspecified atom stereocenters.